The lowest BCUT2D eigenvalue weighted by Crippen LogP contribution is -2.26. The summed E-state index contributed by atoms with van der Waals surface area (Å²) in [6.45, 7) is 0. The molecule has 2 aromatic rings. The monoisotopic (exact) mass is 461 g/mol. The summed E-state index contributed by atoms with van der Waals surface area (Å²) in [6, 6.07) is 13.3. The Kier molecular flexibility index (Phi) is 8.86. The van der Waals surface area contributed by atoms with Crippen LogP contribution in [0.5, 0.6) is 0 Å². The number of anilines is 2. The second-order valence-electron chi connectivity index (χ2n) is 6.31. The molecule has 0 atom stereocenters. The molecule has 0 heterocycles. The highest BCUT2D eigenvalue weighted by atomic mass is 79.9. The molecule has 0 N–H and O–H groups in total. The zero-order valence-electron chi connectivity index (χ0n) is 16.5. The Labute approximate surface area is 178 Å². The Balaban J connectivity index is 2.37. The van der Waals surface area contributed by atoms with Gasteiger partial charge in [-0.25, -0.2) is 9.59 Å². The Morgan fingerprint density at radius 2 is 1.48 bits per heavy atom. The van der Waals surface area contributed by atoms with E-state index in [1.54, 1.807) is 53.4 Å². The van der Waals surface area contributed by atoms with Crippen LogP contribution in [0.2, 0.25) is 0 Å². The number of hydrogen-bond acceptors (Lipinski definition) is 5. The number of amides is 1. The summed E-state index contributed by atoms with van der Waals surface area (Å²) >= 11 is 3.39. The largest absolute Gasteiger partial charge is 0.465 e. The van der Waals surface area contributed by atoms with Gasteiger partial charge in [0, 0.05) is 23.1 Å². The van der Waals surface area contributed by atoms with Crippen LogP contribution in [-0.4, -0.2) is 37.4 Å². The molecule has 7 heteroatoms. The van der Waals surface area contributed by atoms with Crippen molar-refractivity contribution in [2.45, 2.75) is 25.7 Å². The average Bonchev–Trinajstić information content (AvgIpc) is 2.76. The molecule has 0 unspecified atom stereocenters. The summed E-state index contributed by atoms with van der Waals surface area (Å²) in [5.74, 6) is -1.01. The molecule has 0 aromatic heterocycles. The third-order valence-electron chi connectivity index (χ3n) is 4.35. The SMILES string of the molecule is COC(=O)c1ccc(N(C(=O)CCCCCBr)c2cccc(C(=O)OC)c2)cc1. The van der Waals surface area contributed by atoms with Gasteiger partial charge in [0.15, 0.2) is 0 Å². The third kappa shape index (κ3) is 6.15. The van der Waals surface area contributed by atoms with Gasteiger partial charge in [0.05, 0.1) is 25.3 Å². The predicted octanol–water partition coefficient (Wildman–Crippen LogP) is 4.88. The number of benzene rings is 2. The van der Waals surface area contributed by atoms with Gasteiger partial charge in [-0.15, -0.1) is 0 Å². The van der Waals surface area contributed by atoms with Crippen LogP contribution in [0.1, 0.15) is 46.4 Å². The average molecular weight is 462 g/mol. The second-order valence-corrected chi connectivity index (χ2v) is 7.10. The van der Waals surface area contributed by atoms with Crippen LogP contribution in [0.4, 0.5) is 11.4 Å². The van der Waals surface area contributed by atoms with Crippen molar-refractivity contribution in [1.29, 1.82) is 0 Å². The van der Waals surface area contributed by atoms with Gasteiger partial charge in [-0.05, 0) is 55.3 Å². The van der Waals surface area contributed by atoms with Crippen molar-refractivity contribution < 1.29 is 23.9 Å². The molecule has 0 spiro atoms. The number of esters is 2. The van der Waals surface area contributed by atoms with E-state index in [0.29, 0.717) is 28.9 Å². The molecule has 0 radical (unpaired) electrons. The summed E-state index contributed by atoms with van der Waals surface area (Å²) in [7, 11) is 2.63. The zero-order valence-corrected chi connectivity index (χ0v) is 18.1. The van der Waals surface area contributed by atoms with E-state index < -0.39 is 11.9 Å². The summed E-state index contributed by atoms with van der Waals surface area (Å²) in [6.07, 6.45) is 3.07. The predicted molar refractivity (Wildman–Crippen MR) is 115 cm³/mol. The maximum Gasteiger partial charge on any atom is 0.337 e. The third-order valence-corrected chi connectivity index (χ3v) is 4.91. The molecule has 0 fully saturated rings. The smallest absolute Gasteiger partial charge is 0.337 e. The van der Waals surface area contributed by atoms with Crippen molar-refractivity contribution in [3.8, 4) is 0 Å². The van der Waals surface area contributed by atoms with Gasteiger partial charge in [0.25, 0.3) is 0 Å². The number of carbonyl (C=O) groups excluding carboxylic acids is 3. The van der Waals surface area contributed by atoms with Gasteiger partial charge in [-0.2, -0.15) is 0 Å². The van der Waals surface area contributed by atoms with E-state index in [0.717, 1.165) is 24.6 Å². The molecule has 2 rings (SSSR count). The fourth-order valence-electron chi connectivity index (χ4n) is 2.85. The van der Waals surface area contributed by atoms with Crippen LogP contribution in [-0.2, 0) is 14.3 Å². The first kappa shape index (κ1) is 22.6. The van der Waals surface area contributed by atoms with Crippen molar-refractivity contribution in [1.82, 2.24) is 0 Å². The maximum atomic E-state index is 13.0. The van der Waals surface area contributed by atoms with Gasteiger partial charge in [0.2, 0.25) is 5.91 Å². The van der Waals surface area contributed by atoms with Crippen LogP contribution in [0, 0.1) is 0 Å². The highest BCUT2D eigenvalue weighted by Gasteiger charge is 2.20. The minimum absolute atomic E-state index is 0.0904. The molecule has 6 nitrogen and oxygen atoms in total. The van der Waals surface area contributed by atoms with Gasteiger partial charge >= 0.3 is 11.9 Å². The van der Waals surface area contributed by atoms with Gasteiger partial charge in [-0.3, -0.25) is 9.69 Å². The van der Waals surface area contributed by atoms with E-state index in [1.807, 2.05) is 0 Å². The first-order valence-electron chi connectivity index (χ1n) is 9.27. The second kappa shape index (κ2) is 11.4. The number of nitrogens with zero attached hydrogens (tertiary/aromatic N) is 1. The van der Waals surface area contributed by atoms with Crippen molar-refractivity contribution in [2.24, 2.45) is 0 Å². The molecular formula is C22H24BrNO5. The number of unbranched alkanes of at least 4 members (excludes halogenated alkanes) is 2. The molecule has 2 aromatic carbocycles. The van der Waals surface area contributed by atoms with Crippen LogP contribution in [0.25, 0.3) is 0 Å². The molecule has 154 valence electrons. The highest BCUT2D eigenvalue weighted by Crippen LogP contribution is 2.28. The molecule has 0 saturated carbocycles. The lowest BCUT2D eigenvalue weighted by Gasteiger charge is -2.24. The van der Waals surface area contributed by atoms with Gasteiger partial charge in [-0.1, -0.05) is 28.4 Å². The number of alkyl halides is 1. The molecule has 0 aliphatic carbocycles. The first-order chi connectivity index (χ1) is 14.0. The summed E-state index contributed by atoms with van der Waals surface area (Å²) in [5.41, 5.74) is 1.91. The highest BCUT2D eigenvalue weighted by molar-refractivity contribution is 9.09. The minimum Gasteiger partial charge on any atom is -0.465 e. The number of hydrogen-bond donors (Lipinski definition) is 0. The molecule has 0 aliphatic rings. The number of methoxy groups -OCH3 is 2. The fourth-order valence-corrected chi connectivity index (χ4v) is 3.25. The lowest BCUT2D eigenvalue weighted by molar-refractivity contribution is -0.118. The first-order valence-corrected chi connectivity index (χ1v) is 10.4. The maximum absolute atomic E-state index is 13.0. The Hall–Kier alpha value is -2.67. The van der Waals surface area contributed by atoms with E-state index in [4.69, 9.17) is 9.47 Å². The number of ether oxygens (including phenoxy) is 2. The molecule has 29 heavy (non-hydrogen) atoms. The molecular weight excluding hydrogens is 438 g/mol. The van der Waals surface area contributed by atoms with E-state index in [2.05, 4.69) is 15.9 Å². The number of carbonyl (C=O) groups is 3. The van der Waals surface area contributed by atoms with E-state index in [1.165, 1.54) is 14.2 Å². The van der Waals surface area contributed by atoms with Crippen molar-refractivity contribution in [2.75, 3.05) is 24.4 Å². The quantitative estimate of drug-likeness (QED) is 0.302. The van der Waals surface area contributed by atoms with Crippen molar-refractivity contribution >= 4 is 45.2 Å². The lowest BCUT2D eigenvalue weighted by atomic mass is 10.1. The molecule has 0 bridgehead atoms. The number of rotatable bonds is 9. The molecule has 0 aliphatic heterocycles. The van der Waals surface area contributed by atoms with Crippen molar-refractivity contribution in [3.63, 3.8) is 0 Å². The summed E-state index contributed by atoms with van der Waals surface area (Å²) in [4.78, 5) is 38.2. The van der Waals surface area contributed by atoms with E-state index >= 15 is 0 Å². The van der Waals surface area contributed by atoms with Crippen LogP contribution < -0.4 is 4.90 Å². The van der Waals surface area contributed by atoms with Crippen LogP contribution in [0.3, 0.4) is 0 Å². The molecule has 1 amide bonds. The zero-order chi connectivity index (χ0) is 21.2. The Bertz CT molecular complexity index is 851. The summed E-state index contributed by atoms with van der Waals surface area (Å²) < 4.78 is 9.51. The number of halogens is 1. The normalized spacial score (nSPS) is 10.3. The fraction of sp³-hybridized carbons (Fsp3) is 0.318. The van der Waals surface area contributed by atoms with E-state index in [-0.39, 0.29) is 5.91 Å². The van der Waals surface area contributed by atoms with Gasteiger partial charge in [0.1, 0.15) is 0 Å². The van der Waals surface area contributed by atoms with E-state index in [9.17, 15) is 14.4 Å². The molecule has 0 saturated heterocycles. The topological polar surface area (TPSA) is 72.9 Å². The standard InChI is InChI=1S/C22H24BrNO5/c1-28-21(26)16-10-12-18(13-11-16)24(20(25)9-4-3-5-14-23)19-8-6-7-17(15-19)22(27)29-2/h6-8,10-13,15H,3-5,9,14H2,1-2H3. The Morgan fingerprint density at radius 1 is 0.828 bits per heavy atom. The summed E-state index contributed by atoms with van der Waals surface area (Å²) in [5, 5.41) is 0.904. The van der Waals surface area contributed by atoms with Crippen LogP contribution in [0.15, 0.2) is 48.5 Å². The Morgan fingerprint density at radius 3 is 2.10 bits per heavy atom. The van der Waals surface area contributed by atoms with Gasteiger partial charge < -0.3 is 9.47 Å². The van der Waals surface area contributed by atoms with Crippen LogP contribution >= 0.6 is 15.9 Å². The minimum atomic E-state index is -0.474. The van der Waals surface area contributed by atoms with Crippen molar-refractivity contribution in [3.05, 3.63) is 59.7 Å².